The van der Waals surface area contributed by atoms with Crippen molar-refractivity contribution in [1.29, 1.82) is 0 Å². The van der Waals surface area contributed by atoms with E-state index in [1.54, 1.807) is 0 Å². The molecule has 0 aromatic carbocycles. The molecule has 2 nitrogen and oxygen atoms in total. The summed E-state index contributed by atoms with van der Waals surface area (Å²) in [5, 5.41) is 0. The molecule has 0 N–H and O–H groups in total. The van der Waals surface area contributed by atoms with Gasteiger partial charge in [-0.1, -0.05) is 19.8 Å². The van der Waals surface area contributed by atoms with E-state index in [4.69, 9.17) is 4.74 Å². The second-order valence-electron chi connectivity index (χ2n) is 4.69. The fourth-order valence-corrected chi connectivity index (χ4v) is 2.63. The number of ether oxygens (including phenoxy) is 1. The van der Waals surface area contributed by atoms with Crippen molar-refractivity contribution in [3.63, 3.8) is 0 Å². The van der Waals surface area contributed by atoms with E-state index in [0.29, 0.717) is 6.04 Å². The van der Waals surface area contributed by atoms with Crippen LogP contribution in [-0.2, 0) is 4.74 Å². The Morgan fingerprint density at radius 1 is 1.15 bits per heavy atom. The standard InChI is InChI=1S/C11H21NO/c1-9-5-3-4-6-11(9)12(2)10-7-13-8-10/h9-11H,3-8H2,1-2H3. The number of hydrogen-bond acceptors (Lipinski definition) is 2. The Hall–Kier alpha value is -0.0800. The van der Waals surface area contributed by atoms with Crippen LogP contribution in [0.1, 0.15) is 32.6 Å². The molecule has 1 aliphatic carbocycles. The molecule has 1 saturated heterocycles. The lowest BCUT2D eigenvalue weighted by molar-refractivity contribution is -0.0802. The first kappa shape index (κ1) is 9.47. The molecule has 0 aromatic rings. The molecule has 0 aromatic heterocycles. The second kappa shape index (κ2) is 3.97. The predicted octanol–water partition coefficient (Wildman–Crippen LogP) is 1.90. The summed E-state index contributed by atoms with van der Waals surface area (Å²) in [7, 11) is 2.28. The largest absolute Gasteiger partial charge is 0.378 e. The van der Waals surface area contributed by atoms with Crippen molar-refractivity contribution in [2.24, 2.45) is 5.92 Å². The summed E-state index contributed by atoms with van der Waals surface area (Å²) in [5.41, 5.74) is 0. The highest BCUT2D eigenvalue weighted by Crippen LogP contribution is 2.29. The maximum absolute atomic E-state index is 5.24. The van der Waals surface area contributed by atoms with Crippen molar-refractivity contribution in [3.05, 3.63) is 0 Å². The van der Waals surface area contributed by atoms with E-state index >= 15 is 0 Å². The van der Waals surface area contributed by atoms with Crippen molar-refractivity contribution in [3.8, 4) is 0 Å². The van der Waals surface area contributed by atoms with Gasteiger partial charge in [0.05, 0.1) is 19.3 Å². The number of rotatable bonds is 2. The summed E-state index contributed by atoms with van der Waals surface area (Å²) >= 11 is 0. The first-order valence-electron chi connectivity index (χ1n) is 5.58. The summed E-state index contributed by atoms with van der Waals surface area (Å²) in [6.07, 6.45) is 5.68. The van der Waals surface area contributed by atoms with E-state index in [1.165, 1.54) is 25.7 Å². The Morgan fingerprint density at radius 2 is 1.85 bits per heavy atom. The molecule has 1 aliphatic heterocycles. The van der Waals surface area contributed by atoms with Crippen LogP contribution in [0.5, 0.6) is 0 Å². The highest BCUT2D eigenvalue weighted by molar-refractivity contribution is 4.85. The van der Waals surface area contributed by atoms with Crippen LogP contribution in [0.3, 0.4) is 0 Å². The summed E-state index contributed by atoms with van der Waals surface area (Å²) in [6, 6.07) is 1.54. The number of nitrogens with zero attached hydrogens (tertiary/aromatic N) is 1. The number of hydrogen-bond donors (Lipinski definition) is 0. The molecule has 2 atom stereocenters. The molecule has 2 heteroatoms. The molecule has 0 bridgehead atoms. The van der Waals surface area contributed by atoms with Gasteiger partial charge in [0.25, 0.3) is 0 Å². The van der Waals surface area contributed by atoms with Crippen LogP contribution in [-0.4, -0.2) is 37.2 Å². The average Bonchev–Trinajstić information content (AvgIpc) is 2.01. The lowest BCUT2D eigenvalue weighted by Gasteiger charge is -2.43. The maximum Gasteiger partial charge on any atom is 0.0645 e. The molecule has 13 heavy (non-hydrogen) atoms. The molecule has 0 amide bonds. The molecule has 1 heterocycles. The van der Waals surface area contributed by atoms with Crippen molar-refractivity contribution in [2.45, 2.75) is 44.7 Å². The van der Waals surface area contributed by atoms with Gasteiger partial charge in [-0.25, -0.2) is 0 Å². The monoisotopic (exact) mass is 183 g/mol. The Morgan fingerprint density at radius 3 is 2.38 bits per heavy atom. The fraction of sp³-hybridized carbons (Fsp3) is 1.00. The van der Waals surface area contributed by atoms with Gasteiger partial charge < -0.3 is 4.74 Å². The normalized spacial score (nSPS) is 36.2. The zero-order valence-electron chi connectivity index (χ0n) is 8.83. The topological polar surface area (TPSA) is 12.5 Å². The highest BCUT2D eigenvalue weighted by atomic mass is 16.5. The molecule has 0 radical (unpaired) electrons. The smallest absolute Gasteiger partial charge is 0.0645 e. The van der Waals surface area contributed by atoms with Crippen molar-refractivity contribution < 1.29 is 4.74 Å². The quantitative estimate of drug-likeness (QED) is 0.648. The summed E-state index contributed by atoms with van der Waals surface area (Å²) < 4.78 is 5.24. The summed E-state index contributed by atoms with van der Waals surface area (Å²) in [5.74, 6) is 0.888. The molecular formula is C11H21NO. The molecule has 2 unspecified atom stereocenters. The van der Waals surface area contributed by atoms with Crippen LogP contribution in [0.4, 0.5) is 0 Å². The SMILES string of the molecule is CC1CCCCC1N(C)C1COC1. The van der Waals surface area contributed by atoms with Gasteiger partial charge in [-0.15, -0.1) is 0 Å². The van der Waals surface area contributed by atoms with Crippen LogP contribution < -0.4 is 0 Å². The minimum atomic E-state index is 0.713. The molecule has 1 saturated carbocycles. The maximum atomic E-state index is 5.24. The Balaban J connectivity index is 1.88. The van der Waals surface area contributed by atoms with Gasteiger partial charge >= 0.3 is 0 Å². The predicted molar refractivity (Wildman–Crippen MR) is 53.8 cm³/mol. The minimum Gasteiger partial charge on any atom is -0.378 e. The van der Waals surface area contributed by atoms with Gasteiger partial charge in [-0.05, 0) is 25.8 Å². The van der Waals surface area contributed by atoms with E-state index in [1.807, 2.05) is 0 Å². The molecular weight excluding hydrogens is 162 g/mol. The van der Waals surface area contributed by atoms with Gasteiger partial charge in [0.1, 0.15) is 0 Å². The Kier molecular flexibility index (Phi) is 2.89. The second-order valence-corrected chi connectivity index (χ2v) is 4.69. The zero-order chi connectivity index (χ0) is 9.26. The van der Waals surface area contributed by atoms with Crippen molar-refractivity contribution in [2.75, 3.05) is 20.3 Å². The third-order valence-corrected chi connectivity index (χ3v) is 3.79. The lowest BCUT2D eigenvalue weighted by atomic mass is 9.84. The zero-order valence-corrected chi connectivity index (χ0v) is 8.83. The van der Waals surface area contributed by atoms with Crippen molar-refractivity contribution >= 4 is 0 Å². The van der Waals surface area contributed by atoms with E-state index in [0.717, 1.165) is 25.2 Å². The number of likely N-dealkylation sites (N-methyl/N-ethyl adjacent to an activating group) is 1. The van der Waals surface area contributed by atoms with Crippen molar-refractivity contribution in [1.82, 2.24) is 4.90 Å². The third-order valence-electron chi connectivity index (χ3n) is 3.79. The summed E-state index contributed by atoms with van der Waals surface area (Å²) in [4.78, 5) is 2.56. The molecule has 0 spiro atoms. The van der Waals surface area contributed by atoms with Crippen LogP contribution in [0.25, 0.3) is 0 Å². The highest BCUT2D eigenvalue weighted by Gasteiger charge is 2.32. The average molecular weight is 183 g/mol. The molecule has 2 rings (SSSR count). The Bertz CT molecular complexity index is 167. The van der Waals surface area contributed by atoms with Gasteiger partial charge in [-0.2, -0.15) is 0 Å². The van der Waals surface area contributed by atoms with Gasteiger partial charge in [0.15, 0.2) is 0 Å². The van der Waals surface area contributed by atoms with E-state index in [2.05, 4.69) is 18.9 Å². The van der Waals surface area contributed by atoms with E-state index in [-0.39, 0.29) is 0 Å². The van der Waals surface area contributed by atoms with Crippen LogP contribution in [0.15, 0.2) is 0 Å². The molecule has 2 aliphatic rings. The van der Waals surface area contributed by atoms with Gasteiger partial charge in [-0.3, -0.25) is 4.90 Å². The first-order chi connectivity index (χ1) is 6.29. The van der Waals surface area contributed by atoms with E-state index < -0.39 is 0 Å². The third kappa shape index (κ3) is 1.89. The lowest BCUT2D eigenvalue weighted by Crippen LogP contribution is -2.53. The summed E-state index contributed by atoms with van der Waals surface area (Å²) in [6.45, 7) is 4.32. The van der Waals surface area contributed by atoms with Gasteiger partial charge in [0, 0.05) is 6.04 Å². The van der Waals surface area contributed by atoms with Gasteiger partial charge in [0.2, 0.25) is 0 Å². The van der Waals surface area contributed by atoms with Crippen LogP contribution >= 0.6 is 0 Å². The van der Waals surface area contributed by atoms with Crippen LogP contribution in [0, 0.1) is 5.92 Å². The Labute approximate surface area is 81.3 Å². The van der Waals surface area contributed by atoms with E-state index in [9.17, 15) is 0 Å². The fourth-order valence-electron chi connectivity index (χ4n) is 2.63. The molecule has 76 valence electrons. The minimum absolute atomic E-state index is 0.713. The molecule has 2 fully saturated rings. The first-order valence-corrected chi connectivity index (χ1v) is 5.58. The van der Waals surface area contributed by atoms with Crippen LogP contribution in [0.2, 0.25) is 0 Å².